The number of carbonyl (C=O) groups is 1. The fraction of sp³-hybridized carbons (Fsp3) is 0.200. The van der Waals surface area contributed by atoms with Gasteiger partial charge in [0, 0.05) is 13.7 Å². The molecule has 0 aliphatic rings. The van der Waals surface area contributed by atoms with Crippen molar-refractivity contribution in [2.45, 2.75) is 6.61 Å². The summed E-state index contributed by atoms with van der Waals surface area (Å²) in [5, 5.41) is 11.7. The van der Waals surface area contributed by atoms with Crippen LogP contribution in [0.3, 0.4) is 0 Å². The lowest BCUT2D eigenvalue weighted by molar-refractivity contribution is -0.117. The summed E-state index contributed by atoms with van der Waals surface area (Å²) in [4.78, 5) is 11.9. The molecule has 0 aliphatic carbocycles. The first-order valence-corrected chi connectivity index (χ1v) is 7.98. The number of rotatable bonds is 8. The number of hydrogen-bond donors (Lipinski definition) is 1. The molecule has 2 aromatic rings. The minimum Gasteiger partial charge on any atom is -0.489 e. The predicted molar refractivity (Wildman–Crippen MR) is 95.6 cm³/mol. The highest BCUT2D eigenvalue weighted by molar-refractivity contribution is 6.01. The van der Waals surface area contributed by atoms with Gasteiger partial charge in [-0.15, -0.1) is 0 Å². The van der Waals surface area contributed by atoms with E-state index in [1.54, 1.807) is 36.4 Å². The molecular weight excluding hydrogens is 335 g/mol. The van der Waals surface area contributed by atoms with E-state index in [1.165, 1.54) is 25.3 Å². The van der Waals surface area contributed by atoms with Gasteiger partial charge in [0.1, 0.15) is 29.8 Å². The van der Waals surface area contributed by atoms with Crippen LogP contribution in [0.5, 0.6) is 5.75 Å². The maximum Gasteiger partial charge on any atom is 0.262 e. The molecule has 0 saturated heterocycles. The molecule has 1 amide bonds. The van der Waals surface area contributed by atoms with Crippen molar-refractivity contribution in [1.29, 1.82) is 5.26 Å². The van der Waals surface area contributed by atoms with E-state index in [1.807, 2.05) is 6.07 Å². The number of nitrogens with one attached hydrogen (secondary N) is 1. The summed E-state index contributed by atoms with van der Waals surface area (Å²) in [5.41, 5.74) is 1.43. The van der Waals surface area contributed by atoms with E-state index in [9.17, 15) is 9.18 Å². The largest absolute Gasteiger partial charge is 0.489 e. The second-order valence-electron chi connectivity index (χ2n) is 5.41. The summed E-state index contributed by atoms with van der Waals surface area (Å²) >= 11 is 0. The molecule has 0 aromatic heterocycles. The molecule has 0 atom stereocenters. The number of methoxy groups -OCH3 is 1. The van der Waals surface area contributed by atoms with Gasteiger partial charge in [-0.25, -0.2) is 4.39 Å². The van der Waals surface area contributed by atoms with Gasteiger partial charge in [-0.1, -0.05) is 24.3 Å². The van der Waals surface area contributed by atoms with Crippen LogP contribution in [-0.2, 0) is 16.1 Å². The third-order valence-electron chi connectivity index (χ3n) is 3.44. The number of nitriles is 1. The van der Waals surface area contributed by atoms with Gasteiger partial charge in [-0.05, 0) is 41.5 Å². The highest BCUT2D eigenvalue weighted by Gasteiger charge is 2.08. The molecule has 0 heterocycles. The highest BCUT2D eigenvalue weighted by Crippen LogP contribution is 2.16. The molecule has 0 bridgehead atoms. The number of amides is 1. The smallest absolute Gasteiger partial charge is 0.262 e. The number of benzene rings is 2. The molecule has 0 fully saturated rings. The zero-order valence-corrected chi connectivity index (χ0v) is 14.4. The van der Waals surface area contributed by atoms with E-state index in [0.29, 0.717) is 24.5 Å². The van der Waals surface area contributed by atoms with Crippen molar-refractivity contribution in [3.63, 3.8) is 0 Å². The molecule has 134 valence electrons. The lowest BCUT2D eigenvalue weighted by Gasteiger charge is -2.07. The first kappa shape index (κ1) is 19.2. The molecule has 0 spiro atoms. The zero-order chi connectivity index (χ0) is 18.8. The molecule has 0 unspecified atom stereocenters. The van der Waals surface area contributed by atoms with E-state index in [-0.39, 0.29) is 18.0 Å². The lowest BCUT2D eigenvalue weighted by atomic mass is 10.1. The first-order chi connectivity index (χ1) is 12.6. The van der Waals surface area contributed by atoms with Crippen LogP contribution >= 0.6 is 0 Å². The van der Waals surface area contributed by atoms with Crippen molar-refractivity contribution in [2.75, 3.05) is 20.3 Å². The van der Waals surface area contributed by atoms with Gasteiger partial charge in [-0.3, -0.25) is 4.79 Å². The highest BCUT2D eigenvalue weighted by atomic mass is 19.1. The molecule has 1 N–H and O–H groups in total. The molecule has 26 heavy (non-hydrogen) atoms. The van der Waals surface area contributed by atoms with Crippen LogP contribution < -0.4 is 10.1 Å². The van der Waals surface area contributed by atoms with Crippen molar-refractivity contribution >= 4 is 12.0 Å². The Labute approximate surface area is 151 Å². The Morgan fingerprint density at radius 2 is 2.04 bits per heavy atom. The maximum absolute atomic E-state index is 13.1. The van der Waals surface area contributed by atoms with Gasteiger partial charge in [-0.2, -0.15) is 5.26 Å². The SMILES string of the molecule is COCCNC(=O)/C(C#N)=C/c1ccc(OCc2cccc(F)c2)cc1. The molecular formula is C20H19FN2O3. The topological polar surface area (TPSA) is 71.3 Å². The summed E-state index contributed by atoms with van der Waals surface area (Å²) < 4.78 is 23.6. The zero-order valence-electron chi connectivity index (χ0n) is 14.4. The normalized spacial score (nSPS) is 10.9. The molecule has 5 nitrogen and oxygen atoms in total. The average molecular weight is 354 g/mol. The Morgan fingerprint density at radius 1 is 1.27 bits per heavy atom. The third kappa shape index (κ3) is 6.04. The molecule has 0 radical (unpaired) electrons. The van der Waals surface area contributed by atoms with Crippen LogP contribution in [0.1, 0.15) is 11.1 Å². The fourth-order valence-electron chi connectivity index (χ4n) is 2.13. The minimum absolute atomic E-state index is 0.00883. The van der Waals surface area contributed by atoms with Crippen LogP contribution in [0.4, 0.5) is 4.39 Å². The summed E-state index contributed by atoms with van der Waals surface area (Å²) in [5.74, 6) is -0.148. The molecule has 0 saturated carbocycles. The monoisotopic (exact) mass is 354 g/mol. The van der Waals surface area contributed by atoms with Crippen molar-refractivity contribution in [3.05, 3.63) is 71.0 Å². The molecule has 2 rings (SSSR count). The van der Waals surface area contributed by atoms with Crippen molar-refractivity contribution in [2.24, 2.45) is 0 Å². The van der Waals surface area contributed by atoms with Crippen LogP contribution in [0.15, 0.2) is 54.1 Å². The second kappa shape index (κ2) is 9.97. The summed E-state index contributed by atoms with van der Waals surface area (Å²) in [6.07, 6.45) is 1.50. The fourth-order valence-corrected chi connectivity index (χ4v) is 2.13. The second-order valence-corrected chi connectivity index (χ2v) is 5.41. The van der Waals surface area contributed by atoms with E-state index >= 15 is 0 Å². The summed E-state index contributed by atoms with van der Waals surface area (Å²) in [7, 11) is 1.53. The Bertz CT molecular complexity index is 811. The number of nitrogens with zero attached hydrogens (tertiary/aromatic N) is 1. The van der Waals surface area contributed by atoms with E-state index < -0.39 is 5.91 Å². The van der Waals surface area contributed by atoms with E-state index in [2.05, 4.69) is 5.32 Å². The van der Waals surface area contributed by atoms with Crippen LogP contribution in [-0.4, -0.2) is 26.2 Å². The van der Waals surface area contributed by atoms with Gasteiger partial charge in [0.15, 0.2) is 0 Å². The Kier molecular flexibility index (Phi) is 7.34. The Morgan fingerprint density at radius 3 is 2.69 bits per heavy atom. The van der Waals surface area contributed by atoms with E-state index in [4.69, 9.17) is 14.7 Å². The Hall–Kier alpha value is -3.17. The van der Waals surface area contributed by atoms with Gasteiger partial charge in [0.2, 0.25) is 0 Å². The van der Waals surface area contributed by atoms with Crippen molar-refractivity contribution in [1.82, 2.24) is 5.32 Å². The quantitative estimate of drug-likeness (QED) is 0.449. The third-order valence-corrected chi connectivity index (χ3v) is 3.44. The van der Waals surface area contributed by atoms with Crippen molar-refractivity contribution < 1.29 is 18.7 Å². The molecule has 0 aliphatic heterocycles. The molecule has 6 heteroatoms. The lowest BCUT2D eigenvalue weighted by Crippen LogP contribution is -2.27. The van der Waals surface area contributed by atoms with Gasteiger partial charge >= 0.3 is 0 Å². The predicted octanol–water partition coefficient (Wildman–Crippen LogP) is 3.07. The first-order valence-electron chi connectivity index (χ1n) is 7.98. The Balaban J connectivity index is 1.97. The number of ether oxygens (including phenoxy) is 2. The summed E-state index contributed by atoms with van der Waals surface area (Å²) in [6, 6.07) is 15.0. The minimum atomic E-state index is -0.448. The average Bonchev–Trinajstić information content (AvgIpc) is 2.65. The maximum atomic E-state index is 13.1. The summed E-state index contributed by atoms with van der Waals surface area (Å²) in [6.45, 7) is 0.960. The van der Waals surface area contributed by atoms with Gasteiger partial charge in [0.05, 0.1) is 6.61 Å². The number of halogens is 1. The van der Waals surface area contributed by atoms with E-state index in [0.717, 1.165) is 5.56 Å². The van der Waals surface area contributed by atoms with Crippen LogP contribution in [0, 0.1) is 17.1 Å². The van der Waals surface area contributed by atoms with Gasteiger partial charge in [0.25, 0.3) is 5.91 Å². The molecule has 2 aromatic carbocycles. The standard InChI is InChI=1S/C20H19FN2O3/c1-25-10-9-23-20(24)17(13-22)11-15-5-7-19(8-6-15)26-14-16-3-2-4-18(21)12-16/h2-8,11-12H,9-10,14H2,1H3,(H,23,24)/b17-11+. The van der Waals surface area contributed by atoms with Crippen LogP contribution in [0.25, 0.3) is 6.08 Å². The number of hydrogen-bond acceptors (Lipinski definition) is 4. The van der Waals surface area contributed by atoms with Crippen molar-refractivity contribution in [3.8, 4) is 11.8 Å². The van der Waals surface area contributed by atoms with Crippen LogP contribution in [0.2, 0.25) is 0 Å². The van der Waals surface area contributed by atoms with Gasteiger partial charge < -0.3 is 14.8 Å². The number of carbonyl (C=O) groups excluding carboxylic acids is 1.